The minimum atomic E-state index is -0.0461. The third-order valence-electron chi connectivity index (χ3n) is 4.90. The van der Waals surface area contributed by atoms with Gasteiger partial charge in [-0.05, 0) is 44.4 Å². The van der Waals surface area contributed by atoms with Crippen molar-refractivity contribution < 1.29 is 14.3 Å². The van der Waals surface area contributed by atoms with Gasteiger partial charge in [0, 0.05) is 30.6 Å². The predicted molar refractivity (Wildman–Crippen MR) is 107 cm³/mol. The van der Waals surface area contributed by atoms with Crippen LogP contribution < -0.4 is 14.8 Å². The smallest absolute Gasteiger partial charge is 0.271 e. The maximum Gasteiger partial charge on any atom is 0.271 e. The molecule has 1 aliphatic rings. The number of thiazole rings is 1. The molecule has 0 bridgehead atoms. The number of nitrogens with zero attached hydrogens (tertiary/aromatic N) is 2. The van der Waals surface area contributed by atoms with E-state index in [2.05, 4.69) is 21.3 Å². The Hall–Kier alpha value is -2.12. The summed E-state index contributed by atoms with van der Waals surface area (Å²) in [5.41, 5.74) is 1.77. The molecular weight excluding hydrogens is 362 g/mol. The molecule has 0 radical (unpaired) electrons. The number of ether oxygens (including phenoxy) is 2. The molecule has 6 nitrogen and oxygen atoms in total. The van der Waals surface area contributed by atoms with E-state index in [1.807, 2.05) is 26.0 Å². The molecule has 1 amide bonds. The zero-order valence-corrected chi connectivity index (χ0v) is 17.2. The van der Waals surface area contributed by atoms with Crippen LogP contribution in [0, 0.1) is 13.8 Å². The van der Waals surface area contributed by atoms with Gasteiger partial charge in [0.1, 0.15) is 5.69 Å². The normalized spacial score (nSPS) is 15.6. The SMILES string of the molecule is COc1ccc(CN2CCC(NC(=O)c3nc(C)sc3C)CC2)cc1OC. The van der Waals surface area contributed by atoms with Crippen LogP contribution in [-0.2, 0) is 6.54 Å². The average molecular weight is 390 g/mol. The van der Waals surface area contributed by atoms with Gasteiger partial charge in [0.15, 0.2) is 11.5 Å². The number of hydrogen-bond donors (Lipinski definition) is 1. The monoisotopic (exact) mass is 389 g/mol. The molecule has 1 N–H and O–H groups in total. The minimum absolute atomic E-state index is 0.0461. The van der Waals surface area contributed by atoms with Gasteiger partial charge in [-0.3, -0.25) is 9.69 Å². The van der Waals surface area contributed by atoms with E-state index in [4.69, 9.17) is 9.47 Å². The molecule has 0 unspecified atom stereocenters. The summed E-state index contributed by atoms with van der Waals surface area (Å²) in [6, 6.07) is 6.25. The number of carbonyl (C=O) groups is 1. The Morgan fingerprint density at radius 3 is 2.52 bits per heavy atom. The van der Waals surface area contributed by atoms with Crippen LogP contribution in [0.2, 0.25) is 0 Å². The Kier molecular flexibility index (Phi) is 6.34. The quantitative estimate of drug-likeness (QED) is 0.822. The predicted octanol–water partition coefficient (Wildman–Crippen LogP) is 3.17. The number of rotatable bonds is 6. The maximum atomic E-state index is 12.4. The van der Waals surface area contributed by atoms with E-state index in [-0.39, 0.29) is 11.9 Å². The van der Waals surface area contributed by atoms with Gasteiger partial charge in [-0.25, -0.2) is 4.98 Å². The van der Waals surface area contributed by atoms with E-state index in [1.165, 1.54) is 5.56 Å². The first kappa shape index (κ1) is 19.6. The molecule has 3 rings (SSSR count). The van der Waals surface area contributed by atoms with Crippen LogP contribution in [0.3, 0.4) is 0 Å². The van der Waals surface area contributed by atoms with Crippen molar-refractivity contribution in [3.05, 3.63) is 39.3 Å². The lowest BCUT2D eigenvalue weighted by molar-refractivity contribution is 0.0904. The summed E-state index contributed by atoms with van der Waals surface area (Å²) in [5, 5.41) is 4.08. The molecule has 7 heteroatoms. The van der Waals surface area contributed by atoms with Crippen molar-refractivity contribution in [3.8, 4) is 11.5 Å². The van der Waals surface area contributed by atoms with E-state index < -0.39 is 0 Å². The fourth-order valence-corrected chi connectivity index (χ4v) is 4.28. The summed E-state index contributed by atoms with van der Waals surface area (Å²) in [6.07, 6.45) is 1.89. The summed E-state index contributed by atoms with van der Waals surface area (Å²) in [4.78, 5) is 20.2. The molecule has 1 aromatic carbocycles. The van der Waals surface area contributed by atoms with Crippen molar-refractivity contribution >= 4 is 17.2 Å². The summed E-state index contributed by atoms with van der Waals surface area (Å²) in [7, 11) is 3.30. The van der Waals surface area contributed by atoms with Crippen LogP contribution in [0.25, 0.3) is 0 Å². The highest BCUT2D eigenvalue weighted by molar-refractivity contribution is 7.11. The van der Waals surface area contributed by atoms with Crippen LogP contribution in [0.4, 0.5) is 0 Å². The fraction of sp³-hybridized carbons (Fsp3) is 0.500. The van der Waals surface area contributed by atoms with Gasteiger partial charge in [-0.1, -0.05) is 6.07 Å². The molecule has 0 spiro atoms. The van der Waals surface area contributed by atoms with Crippen LogP contribution in [-0.4, -0.2) is 49.1 Å². The van der Waals surface area contributed by atoms with Crippen molar-refractivity contribution in [2.45, 2.75) is 39.3 Å². The molecule has 1 fully saturated rings. The summed E-state index contributed by atoms with van der Waals surface area (Å²) in [6.45, 7) is 6.65. The molecule has 1 aliphatic heterocycles. The molecule has 0 atom stereocenters. The number of nitrogens with one attached hydrogen (secondary N) is 1. The summed E-state index contributed by atoms with van der Waals surface area (Å²) >= 11 is 1.57. The lowest BCUT2D eigenvalue weighted by Gasteiger charge is -2.32. The van der Waals surface area contributed by atoms with E-state index in [0.717, 1.165) is 53.9 Å². The Morgan fingerprint density at radius 1 is 1.22 bits per heavy atom. The highest BCUT2D eigenvalue weighted by Gasteiger charge is 2.23. The number of likely N-dealkylation sites (tertiary alicyclic amines) is 1. The van der Waals surface area contributed by atoms with Crippen molar-refractivity contribution in [1.82, 2.24) is 15.2 Å². The van der Waals surface area contributed by atoms with Crippen LogP contribution in [0.5, 0.6) is 11.5 Å². The molecule has 27 heavy (non-hydrogen) atoms. The summed E-state index contributed by atoms with van der Waals surface area (Å²) < 4.78 is 10.7. The fourth-order valence-electron chi connectivity index (χ4n) is 3.47. The first-order valence-electron chi connectivity index (χ1n) is 9.18. The van der Waals surface area contributed by atoms with Gasteiger partial charge >= 0.3 is 0 Å². The Labute approximate surface area is 164 Å². The lowest BCUT2D eigenvalue weighted by Crippen LogP contribution is -2.44. The second-order valence-electron chi connectivity index (χ2n) is 6.85. The minimum Gasteiger partial charge on any atom is -0.493 e. The average Bonchev–Trinajstić information content (AvgIpc) is 3.01. The molecule has 1 saturated heterocycles. The second-order valence-corrected chi connectivity index (χ2v) is 8.26. The number of aromatic nitrogens is 1. The second kappa shape index (κ2) is 8.71. The molecule has 0 aliphatic carbocycles. The zero-order chi connectivity index (χ0) is 19.4. The van der Waals surface area contributed by atoms with Crippen LogP contribution >= 0.6 is 11.3 Å². The molecule has 146 valence electrons. The van der Waals surface area contributed by atoms with Gasteiger partial charge in [-0.2, -0.15) is 0 Å². The molecule has 2 heterocycles. The number of hydrogen-bond acceptors (Lipinski definition) is 6. The molecular formula is C20H27N3O3S. The largest absolute Gasteiger partial charge is 0.493 e. The van der Waals surface area contributed by atoms with E-state index in [1.54, 1.807) is 25.6 Å². The van der Waals surface area contributed by atoms with Gasteiger partial charge in [0.05, 0.1) is 19.2 Å². The van der Waals surface area contributed by atoms with Crippen molar-refractivity contribution in [2.24, 2.45) is 0 Å². The Morgan fingerprint density at radius 2 is 1.93 bits per heavy atom. The standard InChI is InChI=1S/C20H27N3O3S/c1-13-19(21-14(2)27-13)20(24)22-16-7-9-23(10-8-16)12-15-5-6-17(25-3)18(11-15)26-4/h5-6,11,16H,7-10,12H2,1-4H3,(H,22,24). The van der Waals surface area contributed by atoms with Crippen molar-refractivity contribution in [2.75, 3.05) is 27.3 Å². The number of piperidine rings is 1. The highest BCUT2D eigenvalue weighted by Crippen LogP contribution is 2.28. The number of aryl methyl sites for hydroxylation is 2. The van der Waals surface area contributed by atoms with Gasteiger partial charge in [0.2, 0.25) is 0 Å². The van der Waals surface area contributed by atoms with Crippen LogP contribution in [0.1, 0.15) is 38.8 Å². The topological polar surface area (TPSA) is 63.7 Å². The number of carbonyl (C=O) groups excluding carboxylic acids is 1. The van der Waals surface area contributed by atoms with Crippen molar-refractivity contribution in [3.63, 3.8) is 0 Å². The first-order valence-corrected chi connectivity index (χ1v) is 10.00. The highest BCUT2D eigenvalue weighted by atomic mass is 32.1. The van der Waals surface area contributed by atoms with Crippen molar-refractivity contribution in [1.29, 1.82) is 0 Å². The van der Waals surface area contributed by atoms with Crippen LogP contribution in [0.15, 0.2) is 18.2 Å². The number of amides is 1. The first-order chi connectivity index (χ1) is 13.0. The molecule has 2 aromatic rings. The van der Waals surface area contributed by atoms with E-state index in [9.17, 15) is 4.79 Å². The molecule has 1 aromatic heterocycles. The van der Waals surface area contributed by atoms with E-state index in [0.29, 0.717) is 5.69 Å². The zero-order valence-electron chi connectivity index (χ0n) is 16.4. The lowest BCUT2D eigenvalue weighted by atomic mass is 10.0. The third-order valence-corrected chi connectivity index (χ3v) is 5.78. The summed E-state index contributed by atoms with van der Waals surface area (Å²) in [5.74, 6) is 1.46. The van der Waals surface area contributed by atoms with Gasteiger partial charge in [-0.15, -0.1) is 11.3 Å². The number of methoxy groups -OCH3 is 2. The van der Waals surface area contributed by atoms with Gasteiger partial charge in [0.25, 0.3) is 5.91 Å². The Balaban J connectivity index is 1.52. The third kappa shape index (κ3) is 4.78. The molecule has 0 saturated carbocycles. The maximum absolute atomic E-state index is 12.4. The number of benzene rings is 1. The van der Waals surface area contributed by atoms with Gasteiger partial charge < -0.3 is 14.8 Å². The Bertz CT molecular complexity index is 798. The van der Waals surface area contributed by atoms with E-state index >= 15 is 0 Å².